The van der Waals surface area contributed by atoms with Crippen molar-refractivity contribution in [3.8, 4) is 6.07 Å². The lowest BCUT2D eigenvalue weighted by Gasteiger charge is -2.03. The zero-order valence-electron chi connectivity index (χ0n) is 10.5. The Morgan fingerprint density at radius 3 is 3.05 bits per heavy atom. The summed E-state index contributed by atoms with van der Waals surface area (Å²) in [6, 6.07) is 5.48. The Morgan fingerprint density at radius 1 is 1.55 bits per heavy atom. The molecule has 0 saturated heterocycles. The Hall–Kier alpha value is -2.72. The maximum Gasteiger partial charge on any atom is 0.275 e. The van der Waals surface area contributed by atoms with Gasteiger partial charge in [-0.15, -0.1) is 0 Å². The number of imidazole rings is 1. The van der Waals surface area contributed by atoms with Crippen molar-refractivity contribution in [2.75, 3.05) is 11.9 Å². The highest BCUT2D eigenvalue weighted by atomic mass is 19.1. The largest absolute Gasteiger partial charge is 0.335 e. The Bertz CT molecular complexity index is 674. The number of nitrogens with one attached hydrogen (secondary N) is 1. The molecule has 0 atom stereocenters. The molecular formula is C13H12FN5O. The van der Waals surface area contributed by atoms with Gasteiger partial charge in [0.1, 0.15) is 17.6 Å². The van der Waals surface area contributed by atoms with Gasteiger partial charge in [-0.3, -0.25) is 4.79 Å². The van der Waals surface area contributed by atoms with Gasteiger partial charge < -0.3 is 15.6 Å². The van der Waals surface area contributed by atoms with Crippen LogP contribution in [0.2, 0.25) is 0 Å². The predicted molar refractivity (Wildman–Crippen MR) is 70.3 cm³/mol. The lowest BCUT2D eigenvalue weighted by molar-refractivity contribution is 0.102. The van der Waals surface area contributed by atoms with Crippen LogP contribution >= 0.6 is 0 Å². The van der Waals surface area contributed by atoms with Gasteiger partial charge in [-0.25, -0.2) is 9.37 Å². The molecule has 7 heteroatoms. The molecule has 1 aromatic carbocycles. The van der Waals surface area contributed by atoms with Crippen molar-refractivity contribution >= 4 is 11.6 Å². The molecule has 0 bridgehead atoms. The first kappa shape index (κ1) is 13.7. The van der Waals surface area contributed by atoms with Crippen LogP contribution in [0.25, 0.3) is 0 Å². The summed E-state index contributed by atoms with van der Waals surface area (Å²) in [5.41, 5.74) is 5.83. The lowest BCUT2D eigenvalue weighted by Crippen LogP contribution is -2.13. The molecule has 0 aliphatic rings. The van der Waals surface area contributed by atoms with Crippen LogP contribution in [0.15, 0.2) is 30.7 Å². The number of nitrogens with two attached hydrogens (primary N) is 1. The normalized spacial score (nSPS) is 10.1. The fourth-order valence-electron chi connectivity index (χ4n) is 1.63. The highest BCUT2D eigenvalue weighted by Crippen LogP contribution is 2.14. The maximum absolute atomic E-state index is 13.2. The molecule has 0 fully saturated rings. The molecule has 3 N–H and O–H groups in total. The van der Waals surface area contributed by atoms with Crippen LogP contribution in [0, 0.1) is 17.1 Å². The van der Waals surface area contributed by atoms with E-state index in [9.17, 15) is 9.18 Å². The Kier molecular flexibility index (Phi) is 4.08. The van der Waals surface area contributed by atoms with Gasteiger partial charge in [0, 0.05) is 25.0 Å². The van der Waals surface area contributed by atoms with Gasteiger partial charge in [0.2, 0.25) is 0 Å². The number of benzene rings is 1. The molecule has 0 aliphatic carbocycles. The van der Waals surface area contributed by atoms with Crippen molar-refractivity contribution in [2.24, 2.45) is 5.73 Å². The summed E-state index contributed by atoms with van der Waals surface area (Å²) >= 11 is 0. The summed E-state index contributed by atoms with van der Waals surface area (Å²) in [4.78, 5) is 15.9. The fourth-order valence-corrected chi connectivity index (χ4v) is 1.63. The minimum absolute atomic E-state index is 0.128. The lowest BCUT2D eigenvalue weighted by atomic mass is 10.2. The van der Waals surface area contributed by atoms with E-state index in [2.05, 4.69) is 10.3 Å². The molecule has 102 valence electrons. The molecule has 0 unspecified atom stereocenters. The second-order valence-corrected chi connectivity index (χ2v) is 4.05. The number of amides is 1. The zero-order chi connectivity index (χ0) is 14.5. The predicted octanol–water partition coefficient (Wildman–Crippen LogP) is 1.10. The number of nitrogens with zero attached hydrogens (tertiary/aromatic N) is 3. The van der Waals surface area contributed by atoms with Gasteiger partial charge in [0.05, 0.1) is 11.9 Å². The number of hydrogen-bond acceptors (Lipinski definition) is 4. The van der Waals surface area contributed by atoms with Crippen molar-refractivity contribution in [3.05, 3.63) is 47.8 Å². The minimum atomic E-state index is -0.627. The molecule has 6 nitrogen and oxygen atoms in total. The smallest absolute Gasteiger partial charge is 0.275 e. The molecule has 1 heterocycles. The van der Waals surface area contributed by atoms with Gasteiger partial charge in [0.15, 0.2) is 0 Å². The summed E-state index contributed by atoms with van der Waals surface area (Å²) in [7, 11) is 0. The highest BCUT2D eigenvalue weighted by Gasteiger charge is 2.11. The third-order valence-corrected chi connectivity index (χ3v) is 2.60. The van der Waals surface area contributed by atoms with Crippen molar-refractivity contribution in [1.29, 1.82) is 5.26 Å². The van der Waals surface area contributed by atoms with Gasteiger partial charge in [0.25, 0.3) is 5.91 Å². The fraction of sp³-hybridized carbons (Fsp3) is 0.154. The summed E-state index contributed by atoms with van der Waals surface area (Å²) in [5, 5.41) is 11.3. The van der Waals surface area contributed by atoms with Crippen molar-refractivity contribution in [3.63, 3.8) is 0 Å². The summed E-state index contributed by atoms with van der Waals surface area (Å²) in [5.74, 6) is -1.06. The van der Waals surface area contributed by atoms with E-state index in [0.29, 0.717) is 18.8 Å². The van der Waals surface area contributed by atoms with Crippen LogP contribution < -0.4 is 11.1 Å². The van der Waals surface area contributed by atoms with Crippen molar-refractivity contribution in [1.82, 2.24) is 9.55 Å². The van der Waals surface area contributed by atoms with E-state index in [1.165, 1.54) is 18.5 Å². The van der Waals surface area contributed by atoms with E-state index in [4.69, 9.17) is 11.0 Å². The Morgan fingerprint density at radius 2 is 2.35 bits per heavy atom. The van der Waals surface area contributed by atoms with E-state index in [1.54, 1.807) is 16.8 Å². The molecule has 2 rings (SSSR count). The van der Waals surface area contributed by atoms with Gasteiger partial charge in [-0.05, 0) is 18.2 Å². The van der Waals surface area contributed by atoms with E-state index < -0.39 is 11.7 Å². The van der Waals surface area contributed by atoms with Crippen LogP contribution in [0.1, 0.15) is 16.1 Å². The first-order chi connectivity index (χ1) is 9.63. The summed E-state index contributed by atoms with van der Waals surface area (Å²) < 4.78 is 14.9. The van der Waals surface area contributed by atoms with E-state index in [1.807, 2.05) is 0 Å². The average Bonchev–Trinajstić information content (AvgIpc) is 2.90. The van der Waals surface area contributed by atoms with Crippen LogP contribution in [0.3, 0.4) is 0 Å². The zero-order valence-corrected chi connectivity index (χ0v) is 10.5. The highest BCUT2D eigenvalue weighted by molar-refractivity contribution is 6.02. The molecule has 0 saturated carbocycles. The minimum Gasteiger partial charge on any atom is -0.335 e. The first-order valence-corrected chi connectivity index (χ1v) is 5.87. The Labute approximate surface area is 114 Å². The molecular weight excluding hydrogens is 261 g/mol. The summed E-state index contributed by atoms with van der Waals surface area (Å²) in [6.45, 7) is 1.01. The molecule has 0 aliphatic heterocycles. The van der Waals surface area contributed by atoms with Crippen LogP contribution in [0.5, 0.6) is 0 Å². The number of carbonyl (C=O) groups is 1. The third-order valence-electron chi connectivity index (χ3n) is 2.60. The van der Waals surface area contributed by atoms with Crippen molar-refractivity contribution < 1.29 is 9.18 Å². The monoisotopic (exact) mass is 273 g/mol. The van der Waals surface area contributed by atoms with Gasteiger partial charge >= 0.3 is 0 Å². The number of carbonyl (C=O) groups excluding carboxylic acids is 1. The second-order valence-electron chi connectivity index (χ2n) is 4.05. The summed E-state index contributed by atoms with van der Waals surface area (Å²) in [6.07, 6.45) is 3.07. The first-order valence-electron chi connectivity index (χ1n) is 5.87. The number of aromatic nitrogens is 2. The quantitative estimate of drug-likeness (QED) is 0.871. The van der Waals surface area contributed by atoms with Gasteiger partial charge in [-0.1, -0.05) is 0 Å². The Balaban J connectivity index is 2.13. The van der Waals surface area contributed by atoms with Crippen LogP contribution in [-0.4, -0.2) is 22.0 Å². The molecule has 0 spiro atoms. The topological polar surface area (TPSA) is 96.7 Å². The third kappa shape index (κ3) is 2.99. The maximum atomic E-state index is 13.2. The number of anilines is 1. The number of nitriles is 1. The average molecular weight is 273 g/mol. The SMILES string of the molecule is N#Cc1cc(NC(=O)c2cn(CCN)cn2)ccc1F. The van der Waals surface area contributed by atoms with Crippen LogP contribution in [-0.2, 0) is 6.54 Å². The van der Waals surface area contributed by atoms with E-state index >= 15 is 0 Å². The molecule has 2 aromatic rings. The molecule has 20 heavy (non-hydrogen) atoms. The number of hydrogen-bond donors (Lipinski definition) is 2. The van der Waals surface area contributed by atoms with E-state index in [-0.39, 0.29) is 11.3 Å². The standard InChI is InChI=1S/C13H12FN5O/c14-11-2-1-10(5-9(11)6-16)18-13(20)12-7-19(4-3-15)8-17-12/h1-2,5,7-8H,3-4,15H2,(H,18,20). The number of halogens is 1. The second kappa shape index (κ2) is 5.95. The molecule has 1 aromatic heterocycles. The molecule has 0 radical (unpaired) electrons. The number of rotatable bonds is 4. The van der Waals surface area contributed by atoms with E-state index in [0.717, 1.165) is 6.07 Å². The van der Waals surface area contributed by atoms with Crippen molar-refractivity contribution in [2.45, 2.75) is 6.54 Å². The van der Waals surface area contributed by atoms with Gasteiger partial charge in [-0.2, -0.15) is 5.26 Å². The van der Waals surface area contributed by atoms with Crippen LogP contribution in [0.4, 0.5) is 10.1 Å². The molecule has 1 amide bonds.